The molecule has 1 aliphatic carbocycles. The SMILES string of the molecule is Cc1noc(C)c1CNCC1CCCC(C)C1. The van der Waals surface area contributed by atoms with E-state index >= 15 is 0 Å². The first kappa shape index (κ1) is 12.6. The second-order valence-corrected chi connectivity index (χ2v) is 5.57. The number of nitrogens with zero attached hydrogens (tertiary/aromatic N) is 1. The maximum Gasteiger partial charge on any atom is 0.138 e. The molecule has 0 amide bonds. The van der Waals surface area contributed by atoms with E-state index in [2.05, 4.69) is 17.4 Å². The Bertz CT molecular complexity index is 340. The van der Waals surface area contributed by atoms with Crippen molar-refractivity contribution < 1.29 is 4.52 Å². The van der Waals surface area contributed by atoms with Crippen molar-refractivity contribution in [3.05, 3.63) is 17.0 Å². The van der Waals surface area contributed by atoms with Crippen molar-refractivity contribution in [2.75, 3.05) is 6.54 Å². The van der Waals surface area contributed by atoms with Crippen LogP contribution in [0, 0.1) is 25.7 Å². The Morgan fingerprint density at radius 1 is 1.35 bits per heavy atom. The quantitative estimate of drug-likeness (QED) is 0.872. The molecule has 96 valence electrons. The first-order valence-electron chi connectivity index (χ1n) is 6.79. The van der Waals surface area contributed by atoms with Crippen LogP contribution in [0.3, 0.4) is 0 Å². The fourth-order valence-corrected chi connectivity index (χ4v) is 2.90. The van der Waals surface area contributed by atoms with Crippen molar-refractivity contribution in [3.63, 3.8) is 0 Å². The van der Waals surface area contributed by atoms with Gasteiger partial charge >= 0.3 is 0 Å². The van der Waals surface area contributed by atoms with Crippen molar-refractivity contribution in [1.82, 2.24) is 10.5 Å². The summed E-state index contributed by atoms with van der Waals surface area (Å²) in [6.45, 7) is 8.40. The maximum atomic E-state index is 5.16. The number of aromatic nitrogens is 1. The Morgan fingerprint density at radius 3 is 2.82 bits per heavy atom. The van der Waals surface area contributed by atoms with E-state index in [1.165, 1.54) is 31.2 Å². The van der Waals surface area contributed by atoms with Crippen LogP contribution >= 0.6 is 0 Å². The summed E-state index contributed by atoms with van der Waals surface area (Å²) in [5.74, 6) is 2.72. The zero-order chi connectivity index (χ0) is 12.3. The van der Waals surface area contributed by atoms with E-state index in [0.29, 0.717) is 0 Å². The van der Waals surface area contributed by atoms with Crippen molar-refractivity contribution in [1.29, 1.82) is 0 Å². The summed E-state index contributed by atoms with van der Waals surface area (Å²) in [4.78, 5) is 0. The van der Waals surface area contributed by atoms with E-state index < -0.39 is 0 Å². The van der Waals surface area contributed by atoms with E-state index in [9.17, 15) is 0 Å². The van der Waals surface area contributed by atoms with Gasteiger partial charge in [0.05, 0.1) is 5.69 Å². The Labute approximate surface area is 104 Å². The molecule has 0 aliphatic heterocycles. The van der Waals surface area contributed by atoms with Gasteiger partial charge in [0.1, 0.15) is 5.76 Å². The summed E-state index contributed by atoms with van der Waals surface area (Å²) in [5, 5.41) is 7.54. The second kappa shape index (κ2) is 5.67. The largest absolute Gasteiger partial charge is 0.361 e. The average molecular weight is 236 g/mol. The molecule has 2 unspecified atom stereocenters. The van der Waals surface area contributed by atoms with E-state index in [1.54, 1.807) is 0 Å². The van der Waals surface area contributed by atoms with Gasteiger partial charge in [-0.05, 0) is 45.1 Å². The van der Waals surface area contributed by atoms with Crippen molar-refractivity contribution in [2.45, 2.75) is 53.0 Å². The lowest BCUT2D eigenvalue weighted by Crippen LogP contribution is -2.26. The van der Waals surface area contributed by atoms with Crippen LogP contribution in [0.2, 0.25) is 0 Å². The molecule has 1 N–H and O–H groups in total. The van der Waals surface area contributed by atoms with Crippen LogP contribution in [0.1, 0.15) is 49.6 Å². The van der Waals surface area contributed by atoms with Gasteiger partial charge < -0.3 is 9.84 Å². The lowest BCUT2D eigenvalue weighted by atomic mass is 9.82. The van der Waals surface area contributed by atoms with Crippen molar-refractivity contribution in [2.24, 2.45) is 11.8 Å². The maximum absolute atomic E-state index is 5.16. The predicted molar refractivity (Wildman–Crippen MR) is 68.8 cm³/mol. The molecule has 0 saturated heterocycles. The molecule has 1 heterocycles. The molecular weight excluding hydrogens is 212 g/mol. The highest BCUT2D eigenvalue weighted by molar-refractivity contribution is 5.20. The van der Waals surface area contributed by atoms with Crippen LogP contribution in [0.4, 0.5) is 0 Å². The van der Waals surface area contributed by atoms with E-state index in [0.717, 1.165) is 36.4 Å². The molecule has 0 aromatic carbocycles. The van der Waals surface area contributed by atoms with Gasteiger partial charge in [0, 0.05) is 12.1 Å². The fraction of sp³-hybridized carbons (Fsp3) is 0.786. The molecule has 17 heavy (non-hydrogen) atoms. The van der Waals surface area contributed by atoms with Gasteiger partial charge in [0.25, 0.3) is 0 Å². The summed E-state index contributed by atoms with van der Waals surface area (Å²) in [6, 6.07) is 0. The zero-order valence-corrected chi connectivity index (χ0v) is 11.3. The molecule has 0 bridgehead atoms. The molecule has 3 heteroatoms. The van der Waals surface area contributed by atoms with Crippen molar-refractivity contribution >= 4 is 0 Å². The highest BCUT2D eigenvalue weighted by Crippen LogP contribution is 2.28. The van der Waals surface area contributed by atoms with E-state index in [1.807, 2.05) is 13.8 Å². The highest BCUT2D eigenvalue weighted by Gasteiger charge is 2.18. The number of hydrogen-bond donors (Lipinski definition) is 1. The third kappa shape index (κ3) is 3.32. The lowest BCUT2D eigenvalue weighted by molar-refractivity contribution is 0.274. The normalized spacial score (nSPS) is 25.1. The van der Waals surface area contributed by atoms with E-state index in [-0.39, 0.29) is 0 Å². The number of hydrogen-bond acceptors (Lipinski definition) is 3. The van der Waals surface area contributed by atoms with Gasteiger partial charge in [-0.25, -0.2) is 0 Å². The summed E-state index contributed by atoms with van der Waals surface area (Å²) < 4.78 is 5.16. The van der Waals surface area contributed by atoms with Gasteiger partial charge in [-0.15, -0.1) is 0 Å². The Kier molecular flexibility index (Phi) is 4.21. The highest BCUT2D eigenvalue weighted by atomic mass is 16.5. The zero-order valence-electron chi connectivity index (χ0n) is 11.3. The predicted octanol–water partition coefficient (Wildman–Crippen LogP) is 3.21. The molecule has 1 saturated carbocycles. The minimum atomic E-state index is 0.860. The van der Waals surface area contributed by atoms with Crippen LogP contribution in [0.5, 0.6) is 0 Å². The van der Waals surface area contributed by atoms with E-state index in [4.69, 9.17) is 4.52 Å². The molecule has 1 aromatic heterocycles. The molecule has 3 nitrogen and oxygen atoms in total. The Balaban J connectivity index is 1.76. The van der Waals surface area contributed by atoms with Crippen LogP contribution in [-0.2, 0) is 6.54 Å². The first-order valence-corrected chi connectivity index (χ1v) is 6.79. The van der Waals surface area contributed by atoms with Crippen LogP contribution in [-0.4, -0.2) is 11.7 Å². The molecule has 0 radical (unpaired) electrons. The molecule has 1 fully saturated rings. The summed E-state index contributed by atoms with van der Waals surface area (Å²) in [7, 11) is 0. The molecule has 2 rings (SSSR count). The van der Waals surface area contributed by atoms with Gasteiger partial charge in [0.2, 0.25) is 0 Å². The van der Waals surface area contributed by atoms with Gasteiger partial charge in [-0.1, -0.05) is 24.9 Å². The number of aryl methyl sites for hydroxylation is 2. The third-order valence-electron chi connectivity index (χ3n) is 3.96. The van der Waals surface area contributed by atoms with Crippen LogP contribution in [0.15, 0.2) is 4.52 Å². The average Bonchev–Trinajstić information content (AvgIpc) is 2.61. The first-order chi connectivity index (χ1) is 8.16. The van der Waals surface area contributed by atoms with Gasteiger partial charge in [-0.2, -0.15) is 0 Å². The summed E-state index contributed by atoms with van der Waals surface area (Å²) in [6.07, 6.45) is 5.59. The molecule has 1 aromatic rings. The molecule has 0 spiro atoms. The fourth-order valence-electron chi connectivity index (χ4n) is 2.90. The smallest absolute Gasteiger partial charge is 0.138 e. The standard InChI is InChI=1S/C14H24N2O/c1-10-5-4-6-13(7-10)8-15-9-14-11(2)16-17-12(14)3/h10,13,15H,4-9H2,1-3H3. The summed E-state index contributed by atoms with van der Waals surface area (Å²) in [5.41, 5.74) is 2.25. The molecule has 1 aliphatic rings. The summed E-state index contributed by atoms with van der Waals surface area (Å²) >= 11 is 0. The minimum Gasteiger partial charge on any atom is -0.361 e. The second-order valence-electron chi connectivity index (χ2n) is 5.57. The van der Waals surface area contributed by atoms with Gasteiger partial charge in [0.15, 0.2) is 0 Å². The topological polar surface area (TPSA) is 38.1 Å². The number of rotatable bonds is 4. The Morgan fingerprint density at radius 2 is 2.18 bits per heavy atom. The molecular formula is C14H24N2O. The number of nitrogens with one attached hydrogen (secondary N) is 1. The minimum absolute atomic E-state index is 0.860. The third-order valence-corrected chi connectivity index (χ3v) is 3.96. The van der Waals surface area contributed by atoms with Crippen LogP contribution in [0.25, 0.3) is 0 Å². The monoisotopic (exact) mass is 236 g/mol. The van der Waals surface area contributed by atoms with Crippen LogP contribution < -0.4 is 5.32 Å². The van der Waals surface area contributed by atoms with Gasteiger partial charge in [-0.3, -0.25) is 0 Å². The molecule has 2 atom stereocenters. The Hall–Kier alpha value is -0.830. The lowest BCUT2D eigenvalue weighted by Gasteiger charge is -2.26. The van der Waals surface area contributed by atoms with Crippen molar-refractivity contribution in [3.8, 4) is 0 Å².